The lowest BCUT2D eigenvalue weighted by atomic mass is 10.1. The van der Waals surface area contributed by atoms with Crippen molar-refractivity contribution in [3.63, 3.8) is 0 Å². The molecular formula is C23H22N2O3S. The maximum Gasteiger partial charge on any atom is 0.124 e. The zero-order chi connectivity index (χ0) is 20.2. The number of phenolic OH excluding ortho intramolecular Hbond substituents is 1. The van der Waals surface area contributed by atoms with Crippen LogP contribution in [-0.4, -0.2) is 24.3 Å². The van der Waals surface area contributed by atoms with Crippen LogP contribution < -0.4 is 14.8 Å². The van der Waals surface area contributed by atoms with Gasteiger partial charge in [-0.1, -0.05) is 12.1 Å². The predicted molar refractivity (Wildman–Crippen MR) is 117 cm³/mol. The molecule has 0 atom stereocenters. The minimum Gasteiger partial charge on any atom is -0.508 e. The third-order valence-electron chi connectivity index (χ3n) is 4.68. The monoisotopic (exact) mass is 406 g/mol. The summed E-state index contributed by atoms with van der Waals surface area (Å²) in [6, 6.07) is 19.5. The maximum atomic E-state index is 10.3. The highest BCUT2D eigenvalue weighted by molar-refractivity contribution is 7.21. The molecular weight excluding hydrogens is 384 g/mol. The smallest absolute Gasteiger partial charge is 0.124 e. The van der Waals surface area contributed by atoms with Gasteiger partial charge in [-0.2, -0.15) is 0 Å². The topological polar surface area (TPSA) is 63.6 Å². The number of methoxy groups -OCH3 is 2. The summed E-state index contributed by atoms with van der Waals surface area (Å²) in [5.74, 6) is 1.77. The van der Waals surface area contributed by atoms with E-state index in [4.69, 9.17) is 14.5 Å². The lowest BCUT2D eigenvalue weighted by Gasteiger charge is -2.11. The minimum absolute atomic E-state index is 0.269. The van der Waals surface area contributed by atoms with Gasteiger partial charge in [0, 0.05) is 30.3 Å². The van der Waals surface area contributed by atoms with E-state index < -0.39 is 0 Å². The molecule has 5 nitrogen and oxygen atoms in total. The van der Waals surface area contributed by atoms with Crippen LogP contribution in [0.5, 0.6) is 17.2 Å². The van der Waals surface area contributed by atoms with Crippen molar-refractivity contribution < 1.29 is 14.6 Å². The van der Waals surface area contributed by atoms with E-state index in [1.54, 1.807) is 31.6 Å². The quantitative estimate of drug-likeness (QED) is 0.453. The van der Waals surface area contributed by atoms with Crippen LogP contribution in [0.4, 0.5) is 0 Å². The normalized spacial score (nSPS) is 11.0. The van der Waals surface area contributed by atoms with E-state index in [1.807, 2.05) is 48.5 Å². The average Bonchev–Trinajstić information content (AvgIpc) is 3.19. The van der Waals surface area contributed by atoms with Crippen molar-refractivity contribution in [1.29, 1.82) is 0 Å². The van der Waals surface area contributed by atoms with Crippen molar-refractivity contribution in [1.82, 2.24) is 10.3 Å². The average molecular weight is 407 g/mol. The molecule has 2 N–H and O–H groups in total. The summed E-state index contributed by atoms with van der Waals surface area (Å²) >= 11 is 1.65. The van der Waals surface area contributed by atoms with Crippen molar-refractivity contribution in [3.05, 3.63) is 71.8 Å². The Kier molecular flexibility index (Phi) is 5.64. The van der Waals surface area contributed by atoms with Crippen LogP contribution in [0.3, 0.4) is 0 Å². The number of ether oxygens (including phenoxy) is 2. The van der Waals surface area contributed by atoms with Gasteiger partial charge >= 0.3 is 0 Å². The second kappa shape index (κ2) is 8.51. The Labute approximate surface area is 173 Å². The molecule has 0 saturated heterocycles. The van der Waals surface area contributed by atoms with Gasteiger partial charge in [0.2, 0.25) is 0 Å². The zero-order valence-corrected chi connectivity index (χ0v) is 17.1. The summed E-state index contributed by atoms with van der Waals surface area (Å²) < 4.78 is 11.8. The number of para-hydroxylation sites is 1. The molecule has 0 radical (unpaired) electrons. The number of hydrogen-bond acceptors (Lipinski definition) is 6. The summed E-state index contributed by atoms with van der Waals surface area (Å²) in [4.78, 5) is 4.71. The molecule has 0 amide bonds. The second-order valence-electron chi connectivity index (χ2n) is 6.65. The molecule has 0 fully saturated rings. The number of aromatic hydroxyl groups is 1. The van der Waals surface area contributed by atoms with Crippen LogP contribution in [0.2, 0.25) is 0 Å². The fourth-order valence-corrected chi connectivity index (χ4v) is 4.13. The number of thiazole rings is 1. The Balaban J connectivity index is 1.50. The van der Waals surface area contributed by atoms with Gasteiger partial charge in [-0.3, -0.25) is 0 Å². The first-order valence-corrected chi connectivity index (χ1v) is 10.1. The molecule has 1 aromatic heterocycles. The first-order chi connectivity index (χ1) is 14.2. The van der Waals surface area contributed by atoms with Gasteiger partial charge in [0.1, 0.15) is 22.3 Å². The Bertz CT molecular complexity index is 1080. The minimum atomic E-state index is 0.269. The summed E-state index contributed by atoms with van der Waals surface area (Å²) in [5, 5.41) is 14.6. The van der Waals surface area contributed by atoms with E-state index in [1.165, 1.54) is 0 Å². The van der Waals surface area contributed by atoms with Crippen LogP contribution in [0.25, 0.3) is 20.8 Å². The van der Waals surface area contributed by atoms with E-state index in [0.717, 1.165) is 43.4 Å². The fourth-order valence-electron chi connectivity index (χ4n) is 3.17. The summed E-state index contributed by atoms with van der Waals surface area (Å²) in [6.07, 6.45) is 0. The van der Waals surface area contributed by atoms with Crippen LogP contribution in [0, 0.1) is 0 Å². The van der Waals surface area contributed by atoms with Gasteiger partial charge in [-0.05, 0) is 48.0 Å². The standard InChI is InChI=1S/C23H22N2O3S/c1-27-18-9-15(10-19(12-18)28-2)13-24-14-17-11-16(7-8-21(17)26)23-25-20-5-3-4-6-22(20)29-23/h3-12,24,26H,13-14H2,1-2H3. The van der Waals surface area contributed by atoms with Gasteiger partial charge < -0.3 is 19.9 Å². The highest BCUT2D eigenvalue weighted by Gasteiger charge is 2.09. The maximum absolute atomic E-state index is 10.3. The molecule has 4 rings (SSSR count). The summed E-state index contributed by atoms with van der Waals surface area (Å²) in [5.41, 5.74) is 3.87. The zero-order valence-electron chi connectivity index (χ0n) is 16.3. The number of hydrogen-bond donors (Lipinski definition) is 2. The van der Waals surface area contributed by atoms with Crippen molar-refractivity contribution in [3.8, 4) is 27.8 Å². The second-order valence-corrected chi connectivity index (χ2v) is 7.69. The van der Waals surface area contributed by atoms with Gasteiger partial charge in [-0.25, -0.2) is 4.98 Å². The molecule has 4 aromatic rings. The molecule has 29 heavy (non-hydrogen) atoms. The number of nitrogens with zero attached hydrogens (tertiary/aromatic N) is 1. The van der Waals surface area contributed by atoms with Crippen LogP contribution in [0.15, 0.2) is 60.7 Å². The van der Waals surface area contributed by atoms with Crippen molar-refractivity contribution in [2.45, 2.75) is 13.1 Å². The summed E-state index contributed by atoms with van der Waals surface area (Å²) in [7, 11) is 3.27. The predicted octanol–water partition coefficient (Wildman–Crippen LogP) is 4.98. The number of phenols is 1. The molecule has 0 spiro atoms. The molecule has 148 valence electrons. The molecule has 0 aliphatic rings. The Hall–Kier alpha value is -3.09. The first-order valence-electron chi connectivity index (χ1n) is 9.27. The number of fused-ring (bicyclic) bond motifs is 1. The van der Waals surface area contributed by atoms with Crippen molar-refractivity contribution in [2.75, 3.05) is 14.2 Å². The molecule has 0 bridgehead atoms. The van der Waals surface area contributed by atoms with Crippen LogP contribution in [0.1, 0.15) is 11.1 Å². The molecule has 0 unspecified atom stereocenters. The SMILES string of the molecule is COc1cc(CNCc2cc(-c3nc4ccccc4s3)ccc2O)cc(OC)c1. The Morgan fingerprint density at radius 2 is 1.69 bits per heavy atom. The molecule has 3 aromatic carbocycles. The van der Waals surface area contributed by atoms with Crippen molar-refractivity contribution >= 4 is 21.6 Å². The van der Waals surface area contributed by atoms with Gasteiger partial charge in [0.25, 0.3) is 0 Å². The van der Waals surface area contributed by atoms with E-state index in [-0.39, 0.29) is 5.75 Å². The third kappa shape index (κ3) is 4.34. The molecule has 0 aliphatic heterocycles. The summed E-state index contributed by atoms with van der Waals surface area (Å²) in [6.45, 7) is 1.16. The van der Waals surface area contributed by atoms with E-state index in [2.05, 4.69) is 11.4 Å². The van der Waals surface area contributed by atoms with Crippen LogP contribution in [-0.2, 0) is 13.1 Å². The van der Waals surface area contributed by atoms with Gasteiger partial charge in [-0.15, -0.1) is 11.3 Å². The molecule has 0 aliphatic carbocycles. The first kappa shape index (κ1) is 19.2. The van der Waals surface area contributed by atoms with E-state index in [9.17, 15) is 5.11 Å². The van der Waals surface area contributed by atoms with Gasteiger partial charge in [0.15, 0.2) is 0 Å². The number of aromatic nitrogens is 1. The number of benzene rings is 3. The Morgan fingerprint density at radius 3 is 2.41 bits per heavy atom. The van der Waals surface area contributed by atoms with Crippen molar-refractivity contribution in [2.24, 2.45) is 0 Å². The number of rotatable bonds is 7. The number of nitrogens with one attached hydrogen (secondary N) is 1. The Morgan fingerprint density at radius 1 is 0.931 bits per heavy atom. The largest absolute Gasteiger partial charge is 0.508 e. The van der Waals surface area contributed by atoms with E-state index >= 15 is 0 Å². The highest BCUT2D eigenvalue weighted by Crippen LogP contribution is 2.32. The lowest BCUT2D eigenvalue weighted by molar-refractivity contribution is 0.393. The van der Waals surface area contributed by atoms with Crippen LogP contribution >= 0.6 is 11.3 Å². The van der Waals surface area contributed by atoms with E-state index in [0.29, 0.717) is 13.1 Å². The highest BCUT2D eigenvalue weighted by atomic mass is 32.1. The third-order valence-corrected chi connectivity index (χ3v) is 5.76. The van der Waals surface area contributed by atoms with Gasteiger partial charge in [0.05, 0.1) is 24.4 Å². The lowest BCUT2D eigenvalue weighted by Crippen LogP contribution is -2.13. The fraction of sp³-hybridized carbons (Fsp3) is 0.174. The molecule has 1 heterocycles. The molecule has 6 heteroatoms. The molecule has 0 saturated carbocycles.